The Kier molecular flexibility index (Phi) is 4.58. The van der Waals surface area contributed by atoms with Crippen molar-refractivity contribution in [3.63, 3.8) is 0 Å². The molecule has 1 heterocycles. The number of ether oxygens (including phenoxy) is 2. The van der Waals surface area contributed by atoms with Gasteiger partial charge in [-0.3, -0.25) is 0 Å². The predicted octanol–water partition coefficient (Wildman–Crippen LogP) is 1.45. The summed E-state index contributed by atoms with van der Waals surface area (Å²) in [6.45, 7) is 4.88. The average molecular weight is 251 g/mol. The zero-order valence-electron chi connectivity index (χ0n) is 11.0. The minimum absolute atomic E-state index is 0.103. The van der Waals surface area contributed by atoms with Gasteiger partial charge in [-0.15, -0.1) is 0 Å². The van der Waals surface area contributed by atoms with Crippen LogP contribution in [0.1, 0.15) is 18.6 Å². The third-order valence-corrected chi connectivity index (χ3v) is 3.14. The molecule has 0 aliphatic carbocycles. The molecule has 1 aliphatic rings. The number of hydrogen-bond donors (Lipinski definition) is 1. The molecule has 0 spiro atoms. The van der Waals surface area contributed by atoms with Crippen LogP contribution in [-0.2, 0) is 4.74 Å². The molecule has 100 valence electrons. The van der Waals surface area contributed by atoms with Crippen LogP contribution in [0, 0.1) is 0 Å². The third kappa shape index (κ3) is 3.45. The number of nitrogens with zero attached hydrogens (tertiary/aromatic N) is 1. The van der Waals surface area contributed by atoms with Crippen molar-refractivity contribution in [1.82, 2.24) is 4.90 Å². The fourth-order valence-electron chi connectivity index (χ4n) is 2.11. The lowest BCUT2D eigenvalue weighted by Crippen LogP contribution is -2.42. The minimum Gasteiger partial charge on any atom is -0.490 e. The van der Waals surface area contributed by atoms with Crippen molar-refractivity contribution in [3.8, 4) is 5.75 Å². The van der Waals surface area contributed by atoms with Crippen molar-refractivity contribution >= 4 is 0 Å². The number of aliphatic hydroxyl groups is 1. The Balaban J connectivity index is 1.93. The van der Waals surface area contributed by atoms with Crippen molar-refractivity contribution < 1.29 is 14.6 Å². The van der Waals surface area contributed by atoms with Crippen molar-refractivity contribution in [3.05, 3.63) is 29.8 Å². The number of aliphatic hydroxyl groups excluding tert-OH is 1. The summed E-state index contributed by atoms with van der Waals surface area (Å²) >= 11 is 0. The topological polar surface area (TPSA) is 41.9 Å². The van der Waals surface area contributed by atoms with Gasteiger partial charge in [-0.05, 0) is 20.0 Å². The first-order chi connectivity index (χ1) is 8.66. The highest BCUT2D eigenvalue weighted by molar-refractivity contribution is 5.34. The van der Waals surface area contributed by atoms with Crippen LogP contribution in [0.15, 0.2) is 24.3 Å². The van der Waals surface area contributed by atoms with Crippen LogP contribution in [0.5, 0.6) is 5.75 Å². The van der Waals surface area contributed by atoms with Crippen LogP contribution in [0.2, 0.25) is 0 Å². The van der Waals surface area contributed by atoms with E-state index in [4.69, 9.17) is 9.47 Å². The molecule has 0 saturated carbocycles. The normalized spacial score (nSPS) is 22.7. The smallest absolute Gasteiger partial charge is 0.125 e. The van der Waals surface area contributed by atoms with Gasteiger partial charge in [0.05, 0.1) is 12.7 Å². The van der Waals surface area contributed by atoms with Crippen LogP contribution >= 0.6 is 0 Å². The Bertz CT molecular complexity index is 381. The van der Waals surface area contributed by atoms with E-state index >= 15 is 0 Å². The zero-order chi connectivity index (χ0) is 13.0. The molecule has 2 unspecified atom stereocenters. The van der Waals surface area contributed by atoms with Gasteiger partial charge < -0.3 is 19.5 Å². The van der Waals surface area contributed by atoms with Crippen molar-refractivity contribution in [2.45, 2.75) is 19.1 Å². The van der Waals surface area contributed by atoms with E-state index in [1.807, 2.05) is 24.3 Å². The molecule has 4 nitrogen and oxygen atoms in total. The number of likely N-dealkylation sites (N-methyl/N-ethyl adjacent to an activating group) is 1. The van der Waals surface area contributed by atoms with Gasteiger partial charge in [-0.2, -0.15) is 0 Å². The second kappa shape index (κ2) is 6.18. The van der Waals surface area contributed by atoms with Gasteiger partial charge in [0.2, 0.25) is 0 Å². The maximum absolute atomic E-state index is 9.66. The van der Waals surface area contributed by atoms with Crippen molar-refractivity contribution in [2.24, 2.45) is 0 Å². The summed E-state index contributed by atoms with van der Waals surface area (Å²) in [6, 6.07) is 7.58. The van der Waals surface area contributed by atoms with E-state index in [-0.39, 0.29) is 6.10 Å². The quantitative estimate of drug-likeness (QED) is 0.879. The molecule has 1 aromatic carbocycles. The van der Waals surface area contributed by atoms with Gasteiger partial charge in [0, 0.05) is 18.7 Å². The van der Waals surface area contributed by atoms with E-state index in [1.165, 1.54) is 0 Å². The van der Waals surface area contributed by atoms with E-state index in [1.54, 1.807) is 6.92 Å². The molecular formula is C14H21NO3. The number of benzene rings is 1. The predicted molar refractivity (Wildman–Crippen MR) is 69.8 cm³/mol. The van der Waals surface area contributed by atoms with Crippen LogP contribution in [0.3, 0.4) is 0 Å². The first-order valence-corrected chi connectivity index (χ1v) is 6.36. The van der Waals surface area contributed by atoms with Gasteiger partial charge in [-0.25, -0.2) is 0 Å². The Labute approximate surface area is 108 Å². The largest absolute Gasteiger partial charge is 0.490 e. The molecule has 2 rings (SSSR count). The minimum atomic E-state index is -0.517. The lowest BCUT2D eigenvalue weighted by atomic mass is 10.1. The van der Waals surface area contributed by atoms with E-state index in [9.17, 15) is 5.11 Å². The highest BCUT2D eigenvalue weighted by Gasteiger charge is 2.19. The second-order valence-electron chi connectivity index (χ2n) is 4.78. The molecule has 18 heavy (non-hydrogen) atoms. The lowest BCUT2D eigenvalue weighted by molar-refractivity contribution is -0.0407. The highest BCUT2D eigenvalue weighted by atomic mass is 16.5. The second-order valence-corrected chi connectivity index (χ2v) is 4.78. The fraction of sp³-hybridized carbons (Fsp3) is 0.571. The number of hydrogen-bond acceptors (Lipinski definition) is 4. The Morgan fingerprint density at radius 3 is 3.00 bits per heavy atom. The third-order valence-electron chi connectivity index (χ3n) is 3.14. The van der Waals surface area contributed by atoms with Crippen LogP contribution in [0.25, 0.3) is 0 Å². The molecule has 4 heteroatoms. The molecule has 0 aromatic heterocycles. The molecule has 1 N–H and O–H groups in total. The maximum Gasteiger partial charge on any atom is 0.125 e. The van der Waals surface area contributed by atoms with Crippen LogP contribution < -0.4 is 4.74 Å². The zero-order valence-corrected chi connectivity index (χ0v) is 11.0. The summed E-state index contributed by atoms with van der Waals surface area (Å²) in [6.07, 6.45) is -0.415. The molecule has 1 aromatic rings. The molecular weight excluding hydrogens is 230 g/mol. The molecule has 1 aliphatic heterocycles. The SMILES string of the molecule is CC(O)c1ccccc1OCC1CN(C)CCO1. The summed E-state index contributed by atoms with van der Waals surface area (Å²) in [7, 11) is 2.08. The Morgan fingerprint density at radius 1 is 1.50 bits per heavy atom. The number of morpholine rings is 1. The first kappa shape index (κ1) is 13.3. The number of para-hydroxylation sites is 1. The summed E-state index contributed by atoms with van der Waals surface area (Å²) in [5.41, 5.74) is 0.821. The summed E-state index contributed by atoms with van der Waals surface area (Å²) < 4.78 is 11.4. The van der Waals surface area contributed by atoms with Crippen molar-refractivity contribution in [2.75, 3.05) is 33.4 Å². The standard InChI is InChI=1S/C14H21NO3/c1-11(16)13-5-3-4-6-14(13)18-10-12-9-15(2)7-8-17-12/h3-6,11-12,16H,7-10H2,1-2H3. The molecule has 0 amide bonds. The Morgan fingerprint density at radius 2 is 2.28 bits per heavy atom. The summed E-state index contributed by atoms with van der Waals surface area (Å²) in [4.78, 5) is 2.23. The maximum atomic E-state index is 9.66. The summed E-state index contributed by atoms with van der Waals surface area (Å²) in [5.74, 6) is 0.740. The van der Waals surface area contributed by atoms with Crippen LogP contribution in [-0.4, -0.2) is 49.5 Å². The van der Waals surface area contributed by atoms with E-state index < -0.39 is 6.10 Å². The van der Waals surface area contributed by atoms with E-state index in [0.29, 0.717) is 6.61 Å². The first-order valence-electron chi connectivity index (χ1n) is 6.36. The summed E-state index contributed by atoms with van der Waals surface area (Å²) in [5, 5.41) is 9.66. The fourth-order valence-corrected chi connectivity index (χ4v) is 2.11. The monoisotopic (exact) mass is 251 g/mol. The van der Waals surface area contributed by atoms with Gasteiger partial charge in [0.15, 0.2) is 0 Å². The van der Waals surface area contributed by atoms with Gasteiger partial charge in [-0.1, -0.05) is 18.2 Å². The van der Waals surface area contributed by atoms with Crippen molar-refractivity contribution in [1.29, 1.82) is 0 Å². The van der Waals surface area contributed by atoms with E-state index in [0.717, 1.165) is 31.0 Å². The van der Waals surface area contributed by atoms with Crippen LogP contribution in [0.4, 0.5) is 0 Å². The molecule has 1 saturated heterocycles. The highest BCUT2D eigenvalue weighted by Crippen LogP contribution is 2.24. The van der Waals surface area contributed by atoms with E-state index in [2.05, 4.69) is 11.9 Å². The Hall–Kier alpha value is -1.10. The molecule has 2 atom stereocenters. The molecule has 1 fully saturated rings. The van der Waals surface area contributed by atoms with Gasteiger partial charge in [0.25, 0.3) is 0 Å². The average Bonchev–Trinajstić information content (AvgIpc) is 2.37. The van der Waals surface area contributed by atoms with Gasteiger partial charge >= 0.3 is 0 Å². The van der Waals surface area contributed by atoms with Gasteiger partial charge in [0.1, 0.15) is 18.5 Å². The molecule has 0 bridgehead atoms. The number of rotatable bonds is 4. The lowest BCUT2D eigenvalue weighted by Gasteiger charge is -2.30. The molecule has 0 radical (unpaired) electrons.